The number of nitrogens with one attached hydrogen (secondary N) is 1. The topological polar surface area (TPSA) is 70.8 Å². The maximum Gasteiger partial charge on any atom is 0.125 e. The van der Waals surface area contributed by atoms with Crippen molar-refractivity contribution in [2.45, 2.75) is 32.4 Å². The van der Waals surface area contributed by atoms with Crippen LogP contribution in [0.4, 0.5) is 0 Å². The first-order valence-electron chi connectivity index (χ1n) is 10.0. The van der Waals surface area contributed by atoms with Crippen molar-refractivity contribution < 1.29 is 4.63 Å². The molecule has 6 heteroatoms. The van der Waals surface area contributed by atoms with E-state index in [9.17, 15) is 0 Å². The average Bonchev–Trinajstić information content (AvgIpc) is 3.50. The van der Waals surface area contributed by atoms with Gasteiger partial charge in [-0.1, -0.05) is 64.9 Å². The second-order valence-electron chi connectivity index (χ2n) is 7.58. The molecule has 0 aliphatic carbocycles. The monoisotopic (exact) mass is 385 g/mol. The van der Waals surface area contributed by atoms with Gasteiger partial charge in [0.25, 0.3) is 0 Å². The van der Waals surface area contributed by atoms with Crippen molar-refractivity contribution in [2.75, 3.05) is 6.54 Å². The van der Waals surface area contributed by atoms with E-state index >= 15 is 0 Å². The standard InChI is InChI=1S/C23H23N5O/c1-16-22(27-29-26-16)21-8-5-13-28(21)15-20-14-24-25-23(20)19-11-9-18(10-12-19)17-6-3-2-4-7-17/h2-4,6-7,9-12,14,21H,5,8,13,15H2,1H3,(H,24,25)/t21-/m1/s1. The molecule has 0 unspecified atom stereocenters. The first-order valence-corrected chi connectivity index (χ1v) is 10.0. The number of hydrogen-bond donors (Lipinski definition) is 1. The second-order valence-corrected chi connectivity index (χ2v) is 7.58. The summed E-state index contributed by atoms with van der Waals surface area (Å²) in [6, 6.07) is 19.3. The summed E-state index contributed by atoms with van der Waals surface area (Å²) in [5.41, 5.74) is 7.69. The zero-order valence-corrected chi connectivity index (χ0v) is 16.4. The van der Waals surface area contributed by atoms with Crippen molar-refractivity contribution in [1.82, 2.24) is 25.4 Å². The molecular formula is C23H23N5O. The Balaban J connectivity index is 1.38. The van der Waals surface area contributed by atoms with Crippen molar-refractivity contribution in [2.24, 2.45) is 0 Å². The molecule has 5 rings (SSSR count). The Labute approximate surface area is 169 Å². The van der Waals surface area contributed by atoms with Gasteiger partial charge in [-0.25, -0.2) is 4.63 Å². The van der Waals surface area contributed by atoms with Gasteiger partial charge in [-0.15, -0.1) is 0 Å². The van der Waals surface area contributed by atoms with Crippen LogP contribution >= 0.6 is 0 Å². The fourth-order valence-electron chi connectivity index (χ4n) is 4.23. The normalized spacial score (nSPS) is 17.1. The number of aromatic amines is 1. The highest BCUT2D eigenvalue weighted by atomic mass is 16.6. The maximum absolute atomic E-state index is 4.94. The molecular weight excluding hydrogens is 362 g/mol. The van der Waals surface area contributed by atoms with Gasteiger partial charge in [0.05, 0.1) is 17.9 Å². The fourth-order valence-corrected chi connectivity index (χ4v) is 4.23. The summed E-state index contributed by atoms with van der Waals surface area (Å²) in [6.07, 6.45) is 4.16. The van der Waals surface area contributed by atoms with Crippen LogP contribution in [0.15, 0.2) is 65.4 Å². The molecule has 1 saturated heterocycles. The van der Waals surface area contributed by atoms with Crippen LogP contribution in [0.5, 0.6) is 0 Å². The molecule has 0 amide bonds. The minimum absolute atomic E-state index is 0.254. The minimum Gasteiger partial charge on any atom is -0.290 e. The molecule has 2 aromatic heterocycles. The zero-order valence-electron chi connectivity index (χ0n) is 16.4. The number of likely N-dealkylation sites (tertiary alicyclic amines) is 1. The molecule has 3 heterocycles. The third-order valence-electron chi connectivity index (χ3n) is 5.74. The van der Waals surface area contributed by atoms with Gasteiger partial charge in [-0.05, 0) is 43.0 Å². The van der Waals surface area contributed by atoms with Crippen LogP contribution in [-0.2, 0) is 6.54 Å². The van der Waals surface area contributed by atoms with Crippen LogP contribution in [0.2, 0.25) is 0 Å². The van der Waals surface area contributed by atoms with Crippen LogP contribution in [0, 0.1) is 6.92 Å². The van der Waals surface area contributed by atoms with Gasteiger partial charge in [-0.3, -0.25) is 10.00 Å². The van der Waals surface area contributed by atoms with Gasteiger partial charge in [0, 0.05) is 12.1 Å². The van der Waals surface area contributed by atoms with Crippen LogP contribution in [0.3, 0.4) is 0 Å². The quantitative estimate of drug-likeness (QED) is 0.536. The summed E-state index contributed by atoms with van der Waals surface area (Å²) in [4.78, 5) is 2.44. The summed E-state index contributed by atoms with van der Waals surface area (Å²) in [7, 11) is 0. The summed E-state index contributed by atoms with van der Waals surface area (Å²) in [5, 5.41) is 15.6. The number of rotatable bonds is 5. The molecule has 1 atom stereocenters. The van der Waals surface area contributed by atoms with Gasteiger partial charge >= 0.3 is 0 Å². The lowest BCUT2D eigenvalue weighted by atomic mass is 10.0. The van der Waals surface area contributed by atoms with Crippen LogP contribution < -0.4 is 0 Å². The van der Waals surface area contributed by atoms with Crippen molar-refractivity contribution >= 4 is 0 Å². The highest BCUT2D eigenvalue weighted by Gasteiger charge is 2.31. The molecule has 1 fully saturated rings. The maximum atomic E-state index is 4.94. The largest absolute Gasteiger partial charge is 0.290 e. The SMILES string of the molecule is Cc1nonc1[C@H]1CCCN1Cc1cn[nH]c1-c1ccc(-c2ccccc2)cc1. The Kier molecular flexibility index (Phi) is 4.69. The Hall–Kier alpha value is -3.25. The van der Waals surface area contributed by atoms with Crippen molar-refractivity contribution in [3.05, 3.63) is 77.7 Å². The molecule has 0 radical (unpaired) electrons. The first-order chi connectivity index (χ1) is 14.3. The lowest BCUT2D eigenvalue weighted by Crippen LogP contribution is -2.23. The van der Waals surface area contributed by atoms with Crippen LogP contribution in [0.1, 0.15) is 35.8 Å². The van der Waals surface area contributed by atoms with Gasteiger partial charge in [-0.2, -0.15) is 5.10 Å². The molecule has 6 nitrogen and oxygen atoms in total. The molecule has 1 aliphatic rings. The summed E-state index contributed by atoms with van der Waals surface area (Å²) in [5.74, 6) is 0. The lowest BCUT2D eigenvalue weighted by Gasteiger charge is -2.22. The molecule has 146 valence electrons. The molecule has 0 spiro atoms. The number of H-pyrrole nitrogens is 1. The number of nitrogens with zero attached hydrogens (tertiary/aromatic N) is 4. The predicted molar refractivity (Wildman–Crippen MR) is 111 cm³/mol. The van der Waals surface area contributed by atoms with Crippen LogP contribution in [0.25, 0.3) is 22.4 Å². The summed E-state index contributed by atoms with van der Waals surface area (Å²) in [6.45, 7) is 3.82. The summed E-state index contributed by atoms with van der Waals surface area (Å²) < 4.78 is 4.94. The third-order valence-corrected chi connectivity index (χ3v) is 5.74. The Morgan fingerprint density at radius 3 is 2.52 bits per heavy atom. The highest BCUT2D eigenvalue weighted by molar-refractivity contribution is 5.70. The average molecular weight is 385 g/mol. The molecule has 4 aromatic rings. The van der Waals surface area contributed by atoms with Crippen molar-refractivity contribution in [3.8, 4) is 22.4 Å². The lowest BCUT2D eigenvalue weighted by molar-refractivity contribution is 0.231. The molecule has 0 saturated carbocycles. The Bertz CT molecular complexity index is 1080. The molecule has 29 heavy (non-hydrogen) atoms. The van der Waals surface area contributed by atoms with E-state index in [1.807, 2.05) is 19.2 Å². The van der Waals surface area contributed by atoms with Gasteiger partial charge in [0.15, 0.2) is 0 Å². The van der Waals surface area contributed by atoms with Gasteiger partial charge < -0.3 is 0 Å². The van der Waals surface area contributed by atoms with E-state index < -0.39 is 0 Å². The van der Waals surface area contributed by atoms with E-state index in [4.69, 9.17) is 4.63 Å². The van der Waals surface area contributed by atoms with Crippen molar-refractivity contribution in [3.63, 3.8) is 0 Å². The number of aryl methyl sites for hydroxylation is 1. The number of aromatic nitrogens is 4. The molecule has 2 aromatic carbocycles. The first kappa shape index (κ1) is 17.8. The smallest absolute Gasteiger partial charge is 0.125 e. The molecule has 0 bridgehead atoms. The number of hydrogen-bond acceptors (Lipinski definition) is 5. The van der Waals surface area contributed by atoms with Gasteiger partial charge in [0.1, 0.15) is 11.4 Å². The van der Waals surface area contributed by atoms with E-state index in [0.717, 1.165) is 48.6 Å². The highest BCUT2D eigenvalue weighted by Crippen LogP contribution is 2.35. The van der Waals surface area contributed by atoms with Gasteiger partial charge in [0.2, 0.25) is 0 Å². The van der Waals surface area contributed by atoms with E-state index in [-0.39, 0.29) is 6.04 Å². The third kappa shape index (κ3) is 3.47. The zero-order chi connectivity index (χ0) is 19.6. The van der Waals surface area contributed by atoms with E-state index in [0.29, 0.717) is 0 Å². The minimum atomic E-state index is 0.254. The number of benzene rings is 2. The van der Waals surface area contributed by atoms with E-state index in [2.05, 4.69) is 73.9 Å². The Morgan fingerprint density at radius 1 is 1.00 bits per heavy atom. The Morgan fingerprint density at radius 2 is 1.76 bits per heavy atom. The second kappa shape index (κ2) is 7.64. The summed E-state index contributed by atoms with van der Waals surface area (Å²) >= 11 is 0. The predicted octanol–water partition coefficient (Wildman–Crippen LogP) is 4.77. The molecule has 1 aliphatic heterocycles. The van der Waals surface area contributed by atoms with Crippen molar-refractivity contribution in [1.29, 1.82) is 0 Å². The van der Waals surface area contributed by atoms with Crippen LogP contribution in [-0.4, -0.2) is 32.0 Å². The molecule has 1 N–H and O–H groups in total. The van der Waals surface area contributed by atoms with E-state index in [1.54, 1.807) is 0 Å². The fraction of sp³-hybridized carbons (Fsp3) is 0.261. The van der Waals surface area contributed by atoms with E-state index in [1.165, 1.54) is 16.7 Å².